The Morgan fingerprint density at radius 3 is 2.90 bits per heavy atom. The van der Waals surface area contributed by atoms with Gasteiger partial charge in [0, 0.05) is 18.7 Å². The molecule has 4 rings (SSSR count). The number of benzene rings is 1. The van der Waals surface area contributed by atoms with E-state index in [2.05, 4.69) is 10.1 Å². The zero-order valence-corrected chi connectivity index (χ0v) is 16.8. The summed E-state index contributed by atoms with van der Waals surface area (Å²) in [5.74, 6) is 0.973. The van der Waals surface area contributed by atoms with Crippen LogP contribution in [-0.4, -0.2) is 32.1 Å². The molecule has 1 atom stereocenters. The molecule has 1 saturated heterocycles. The summed E-state index contributed by atoms with van der Waals surface area (Å²) >= 11 is 0. The zero-order chi connectivity index (χ0) is 20.4. The van der Waals surface area contributed by atoms with Crippen LogP contribution in [0.3, 0.4) is 0 Å². The van der Waals surface area contributed by atoms with Gasteiger partial charge in [-0.1, -0.05) is 12.1 Å². The monoisotopic (exact) mass is 396 g/mol. The second-order valence-electron chi connectivity index (χ2n) is 7.65. The molecule has 1 fully saturated rings. The van der Waals surface area contributed by atoms with Gasteiger partial charge in [0.15, 0.2) is 0 Å². The largest absolute Gasteiger partial charge is 0.443 e. The van der Waals surface area contributed by atoms with Gasteiger partial charge in [0.25, 0.3) is 0 Å². The highest BCUT2D eigenvalue weighted by atomic mass is 19.1. The third-order valence-corrected chi connectivity index (χ3v) is 5.34. The molecule has 0 N–H and O–H groups in total. The fourth-order valence-corrected chi connectivity index (χ4v) is 3.95. The van der Waals surface area contributed by atoms with E-state index in [0.29, 0.717) is 24.6 Å². The number of oxazole rings is 1. The van der Waals surface area contributed by atoms with Crippen molar-refractivity contribution >= 4 is 5.91 Å². The molecule has 3 aromatic rings. The lowest BCUT2D eigenvalue weighted by Crippen LogP contribution is -2.40. The average molecular weight is 396 g/mol. The van der Waals surface area contributed by atoms with Crippen molar-refractivity contribution in [2.24, 2.45) is 0 Å². The Hall–Kier alpha value is -2.96. The van der Waals surface area contributed by atoms with Crippen molar-refractivity contribution in [1.29, 1.82) is 0 Å². The molecule has 1 aliphatic heterocycles. The fraction of sp³-hybridized carbons (Fsp3) is 0.409. The van der Waals surface area contributed by atoms with Gasteiger partial charge in [0.2, 0.25) is 11.8 Å². The lowest BCUT2D eigenvalue weighted by molar-refractivity contribution is -0.136. The lowest BCUT2D eigenvalue weighted by Gasteiger charge is -2.33. The molecule has 1 amide bonds. The molecule has 3 heterocycles. The Labute approximate surface area is 169 Å². The van der Waals surface area contributed by atoms with E-state index < -0.39 is 0 Å². The van der Waals surface area contributed by atoms with Crippen LogP contribution in [0.15, 0.2) is 40.9 Å². The highest BCUT2D eigenvalue weighted by Crippen LogP contribution is 2.31. The maximum Gasteiger partial charge on any atom is 0.244 e. The van der Waals surface area contributed by atoms with Gasteiger partial charge in [0.1, 0.15) is 24.2 Å². The predicted octanol–water partition coefficient (Wildman–Crippen LogP) is 3.97. The van der Waals surface area contributed by atoms with E-state index in [1.54, 1.807) is 16.9 Å². The zero-order valence-electron chi connectivity index (χ0n) is 16.8. The summed E-state index contributed by atoms with van der Waals surface area (Å²) in [5, 5.41) is 4.40. The molecule has 0 aliphatic carbocycles. The molecule has 152 valence electrons. The maximum atomic E-state index is 13.4. The van der Waals surface area contributed by atoms with Crippen LogP contribution in [0.1, 0.15) is 53.9 Å². The molecular formula is C22H25FN4O2. The van der Waals surface area contributed by atoms with Gasteiger partial charge in [-0.2, -0.15) is 5.10 Å². The van der Waals surface area contributed by atoms with Crippen LogP contribution in [0, 0.1) is 19.7 Å². The number of nitrogens with zero attached hydrogens (tertiary/aromatic N) is 4. The number of piperidine rings is 1. The van der Waals surface area contributed by atoms with Gasteiger partial charge >= 0.3 is 0 Å². The molecular weight excluding hydrogens is 371 g/mol. The number of aryl methyl sites for hydroxylation is 2. The second kappa shape index (κ2) is 8.19. The van der Waals surface area contributed by atoms with Gasteiger partial charge in [-0.3, -0.25) is 9.48 Å². The van der Waals surface area contributed by atoms with E-state index >= 15 is 0 Å². The van der Waals surface area contributed by atoms with Gasteiger partial charge in [-0.25, -0.2) is 9.37 Å². The fourth-order valence-electron chi connectivity index (χ4n) is 3.95. The summed E-state index contributed by atoms with van der Waals surface area (Å²) in [4.78, 5) is 19.3. The van der Waals surface area contributed by atoms with Crippen LogP contribution < -0.4 is 0 Å². The smallest absolute Gasteiger partial charge is 0.244 e. The van der Waals surface area contributed by atoms with E-state index in [0.717, 1.165) is 36.2 Å². The lowest BCUT2D eigenvalue weighted by atomic mass is 10.0. The Morgan fingerprint density at radius 2 is 2.14 bits per heavy atom. The van der Waals surface area contributed by atoms with Crippen LogP contribution in [0.5, 0.6) is 0 Å². The number of halogens is 1. The molecule has 0 radical (unpaired) electrons. The van der Waals surface area contributed by atoms with Crippen molar-refractivity contribution in [2.45, 2.75) is 52.1 Å². The minimum absolute atomic E-state index is 0.0192. The molecule has 0 unspecified atom stereocenters. The van der Waals surface area contributed by atoms with Crippen molar-refractivity contribution < 1.29 is 13.6 Å². The molecule has 0 saturated carbocycles. The number of hydrogen-bond acceptors (Lipinski definition) is 4. The highest BCUT2D eigenvalue weighted by molar-refractivity contribution is 5.76. The normalized spacial score (nSPS) is 16.9. The average Bonchev–Trinajstić information content (AvgIpc) is 3.27. The first-order chi connectivity index (χ1) is 14.0. The molecule has 2 aromatic heterocycles. The third kappa shape index (κ3) is 4.39. The SMILES string of the molecule is Cc1cc(C)n(CC(=O)N2CCCC[C@H]2c2ncc(Cc3cccc(F)c3)o2)n1. The Bertz CT molecular complexity index is 1010. The Kier molecular flexibility index (Phi) is 5.47. The summed E-state index contributed by atoms with van der Waals surface area (Å²) in [5.41, 5.74) is 2.70. The van der Waals surface area contributed by atoms with E-state index in [9.17, 15) is 9.18 Å². The number of carbonyl (C=O) groups is 1. The minimum atomic E-state index is -0.268. The first-order valence-corrected chi connectivity index (χ1v) is 9.99. The number of amides is 1. The van der Waals surface area contributed by atoms with Crippen molar-refractivity contribution in [1.82, 2.24) is 19.7 Å². The first kappa shape index (κ1) is 19.4. The van der Waals surface area contributed by atoms with Crippen molar-refractivity contribution in [3.05, 3.63) is 70.9 Å². The van der Waals surface area contributed by atoms with Gasteiger partial charge in [0.05, 0.1) is 11.9 Å². The summed E-state index contributed by atoms with van der Waals surface area (Å²) in [6.07, 6.45) is 4.96. The van der Waals surface area contributed by atoms with Crippen LogP contribution in [0.25, 0.3) is 0 Å². The number of hydrogen-bond donors (Lipinski definition) is 0. The standard InChI is InChI=1S/C22H25FN4O2/c1-15-10-16(2)27(25-15)14-21(28)26-9-4-3-8-20(26)22-24-13-19(29-22)12-17-6-5-7-18(23)11-17/h5-7,10-11,13,20H,3-4,8-9,12,14H2,1-2H3/t20-/m0/s1. The maximum absolute atomic E-state index is 13.4. The third-order valence-electron chi connectivity index (χ3n) is 5.34. The molecule has 7 heteroatoms. The van der Waals surface area contributed by atoms with Crippen LogP contribution in [-0.2, 0) is 17.8 Å². The summed E-state index contributed by atoms with van der Waals surface area (Å²) in [6, 6.07) is 8.25. The first-order valence-electron chi connectivity index (χ1n) is 9.99. The number of carbonyl (C=O) groups excluding carboxylic acids is 1. The second-order valence-corrected chi connectivity index (χ2v) is 7.65. The Balaban J connectivity index is 1.49. The van der Waals surface area contributed by atoms with Crippen molar-refractivity contribution in [3.8, 4) is 0 Å². The molecule has 29 heavy (non-hydrogen) atoms. The van der Waals surface area contributed by atoms with E-state index in [1.165, 1.54) is 12.1 Å². The highest BCUT2D eigenvalue weighted by Gasteiger charge is 2.31. The van der Waals surface area contributed by atoms with Crippen molar-refractivity contribution in [3.63, 3.8) is 0 Å². The molecule has 0 spiro atoms. The van der Waals surface area contributed by atoms with Gasteiger partial charge < -0.3 is 9.32 Å². The molecule has 1 aromatic carbocycles. The number of likely N-dealkylation sites (tertiary alicyclic amines) is 1. The van der Waals surface area contributed by atoms with Gasteiger partial charge in [-0.05, 0) is 56.9 Å². The Morgan fingerprint density at radius 1 is 1.28 bits per heavy atom. The predicted molar refractivity (Wildman–Crippen MR) is 106 cm³/mol. The summed E-state index contributed by atoms with van der Waals surface area (Å²) < 4.78 is 21.1. The van der Waals surface area contributed by atoms with Crippen LogP contribution in [0.4, 0.5) is 4.39 Å². The quantitative estimate of drug-likeness (QED) is 0.655. The topological polar surface area (TPSA) is 64.2 Å². The molecule has 0 bridgehead atoms. The molecule has 1 aliphatic rings. The van der Waals surface area contributed by atoms with Crippen LogP contribution >= 0.6 is 0 Å². The van der Waals surface area contributed by atoms with E-state index in [-0.39, 0.29) is 24.3 Å². The summed E-state index contributed by atoms with van der Waals surface area (Å²) in [7, 11) is 0. The van der Waals surface area contributed by atoms with Gasteiger partial charge in [-0.15, -0.1) is 0 Å². The van der Waals surface area contributed by atoms with E-state index in [4.69, 9.17) is 4.42 Å². The summed E-state index contributed by atoms with van der Waals surface area (Å²) in [6.45, 7) is 4.77. The van der Waals surface area contributed by atoms with Crippen molar-refractivity contribution in [2.75, 3.05) is 6.54 Å². The number of rotatable bonds is 5. The van der Waals surface area contributed by atoms with Crippen LogP contribution in [0.2, 0.25) is 0 Å². The number of aromatic nitrogens is 3. The van der Waals surface area contributed by atoms with E-state index in [1.807, 2.05) is 30.9 Å². The molecule has 6 nitrogen and oxygen atoms in total. The minimum Gasteiger partial charge on any atom is -0.443 e.